The summed E-state index contributed by atoms with van der Waals surface area (Å²) in [6.45, 7) is 9.09. The molecule has 1 amide bonds. The first-order valence-corrected chi connectivity index (χ1v) is 6.47. The van der Waals surface area contributed by atoms with Crippen LogP contribution in [0.25, 0.3) is 0 Å². The summed E-state index contributed by atoms with van der Waals surface area (Å²) in [6.07, 6.45) is 0. The minimum absolute atomic E-state index is 0.235. The van der Waals surface area contributed by atoms with Gasteiger partial charge in [0.1, 0.15) is 5.92 Å². The molecule has 1 heterocycles. The second kappa shape index (κ2) is 6.44. The molecule has 8 nitrogen and oxygen atoms in total. The lowest BCUT2D eigenvalue weighted by Gasteiger charge is -2.28. The van der Waals surface area contributed by atoms with Crippen LogP contribution in [0.5, 0.6) is 0 Å². The van der Waals surface area contributed by atoms with Gasteiger partial charge in [-0.2, -0.15) is 5.21 Å². The van der Waals surface area contributed by atoms with Gasteiger partial charge in [0.15, 0.2) is 5.82 Å². The molecule has 0 saturated heterocycles. The smallest absolute Gasteiger partial charge is 0.319 e. The van der Waals surface area contributed by atoms with Gasteiger partial charge in [0.25, 0.3) is 0 Å². The average Bonchev–Trinajstić information content (AvgIpc) is 2.80. The van der Waals surface area contributed by atoms with Gasteiger partial charge in [0, 0.05) is 0 Å². The van der Waals surface area contributed by atoms with Gasteiger partial charge >= 0.3 is 5.97 Å². The highest BCUT2D eigenvalue weighted by Gasteiger charge is 2.39. The van der Waals surface area contributed by atoms with Crippen molar-refractivity contribution in [1.82, 2.24) is 25.9 Å². The molecule has 1 rings (SSSR count). The van der Waals surface area contributed by atoms with E-state index in [0.717, 1.165) is 0 Å². The number of ether oxygens (including phenoxy) is 1. The van der Waals surface area contributed by atoms with Crippen LogP contribution in [0, 0.1) is 11.3 Å². The zero-order valence-electron chi connectivity index (χ0n) is 12.4. The Morgan fingerprint density at radius 3 is 2.50 bits per heavy atom. The number of amides is 1. The largest absolute Gasteiger partial charge is 0.465 e. The lowest BCUT2D eigenvalue weighted by Crippen LogP contribution is -2.44. The first kappa shape index (κ1) is 16.1. The normalized spacial score (nSPS) is 14.4. The summed E-state index contributed by atoms with van der Waals surface area (Å²) in [4.78, 5) is 24.3. The van der Waals surface area contributed by atoms with E-state index in [1.54, 1.807) is 13.8 Å². The van der Waals surface area contributed by atoms with Crippen molar-refractivity contribution < 1.29 is 14.3 Å². The van der Waals surface area contributed by atoms with Crippen molar-refractivity contribution >= 4 is 11.9 Å². The molecule has 0 aliphatic heterocycles. The molecule has 1 aromatic heterocycles. The van der Waals surface area contributed by atoms with Crippen molar-refractivity contribution in [3.63, 3.8) is 0 Å². The van der Waals surface area contributed by atoms with Crippen LogP contribution in [-0.4, -0.2) is 39.1 Å². The number of carbonyl (C=O) groups is 2. The Labute approximate surface area is 117 Å². The fraction of sp³-hybridized carbons (Fsp3) is 0.750. The van der Waals surface area contributed by atoms with Crippen LogP contribution < -0.4 is 5.32 Å². The van der Waals surface area contributed by atoms with Gasteiger partial charge in [-0.05, 0) is 19.3 Å². The highest BCUT2D eigenvalue weighted by atomic mass is 16.5. The first-order chi connectivity index (χ1) is 9.27. The van der Waals surface area contributed by atoms with Crippen molar-refractivity contribution in [2.24, 2.45) is 11.3 Å². The molecule has 0 aliphatic carbocycles. The second-order valence-electron chi connectivity index (χ2n) is 5.55. The molecule has 8 heteroatoms. The summed E-state index contributed by atoms with van der Waals surface area (Å²) in [5, 5.41) is 16.0. The van der Waals surface area contributed by atoms with E-state index in [2.05, 4.69) is 25.9 Å². The zero-order valence-corrected chi connectivity index (χ0v) is 12.4. The summed E-state index contributed by atoms with van der Waals surface area (Å²) in [7, 11) is 0. The molecule has 2 N–H and O–H groups in total. The average molecular weight is 283 g/mol. The quantitative estimate of drug-likeness (QED) is 0.605. The molecule has 0 saturated carbocycles. The van der Waals surface area contributed by atoms with Crippen LogP contribution in [0.3, 0.4) is 0 Å². The van der Waals surface area contributed by atoms with E-state index < -0.39 is 29.3 Å². The number of hydrogen-bond acceptors (Lipinski definition) is 6. The van der Waals surface area contributed by atoms with Crippen molar-refractivity contribution in [3.8, 4) is 0 Å². The number of H-pyrrole nitrogens is 1. The molecule has 2 atom stereocenters. The number of hydrogen-bond donors (Lipinski definition) is 2. The minimum Gasteiger partial charge on any atom is -0.465 e. The highest BCUT2D eigenvalue weighted by Crippen LogP contribution is 2.28. The first-order valence-electron chi connectivity index (χ1n) is 6.47. The van der Waals surface area contributed by atoms with Crippen molar-refractivity contribution in [2.45, 2.75) is 40.7 Å². The molecule has 0 bridgehead atoms. The number of tetrazole rings is 1. The third kappa shape index (κ3) is 4.01. The van der Waals surface area contributed by atoms with Gasteiger partial charge in [-0.3, -0.25) is 9.59 Å². The Balaban J connectivity index is 2.81. The molecular formula is C12H21N5O3. The Morgan fingerprint density at radius 2 is 2.05 bits per heavy atom. The van der Waals surface area contributed by atoms with Crippen LogP contribution >= 0.6 is 0 Å². The third-order valence-corrected chi connectivity index (χ3v) is 2.76. The Hall–Kier alpha value is -1.99. The number of nitrogens with zero attached hydrogens (tertiary/aromatic N) is 3. The fourth-order valence-electron chi connectivity index (χ4n) is 1.79. The number of aromatic amines is 1. The van der Waals surface area contributed by atoms with E-state index >= 15 is 0 Å². The minimum atomic E-state index is -0.892. The van der Waals surface area contributed by atoms with Crippen LogP contribution in [-0.2, 0) is 14.3 Å². The lowest BCUT2D eigenvalue weighted by atomic mass is 9.80. The van der Waals surface area contributed by atoms with E-state index in [4.69, 9.17) is 4.74 Å². The Bertz CT molecular complexity index is 452. The third-order valence-electron chi connectivity index (χ3n) is 2.76. The second-order valence-corrected chi connectivity index (χ2v) is 5.55. The van der Waals surface area contributed by atoms with E-state index in [9.17, 15) is 9.59 Å². The molecular weight excluding hydrogens is 262 g/mol. The predicted molar refractivity (Wildman–Crippen MR) is 70.3 cm³/mol. The van der Waals surface area contributed by atoms with Gasteiger partial charge in [0.05, 0.1) is 12.6 Å². The molecule has 2 unspecified atom stereocenters. The Morgan fingerprint density at radius 1 is 1.40 bits per heavy atom. The number of rotatable bonds is 5. The SMILES string of the molecule is CCOC(=O)C(C(=O)NC(C)c1nn[nH]n1)C(C)(C)C. The van der Waals surface area contributed by atoms with E-state index in [-0.39, 0.29) is 6.61 Å². The van der Waals surface area contributed by atoms with Crippen LogP contribution in [0.2, 0.25) is 0 Å². The van der Waals surface area contributed by atoms with Gasteiger partial charge in [-0.15, -0.1) is 10.2 Å². The number of nitrogens with one attached hydrogen (secondary N) is 2. The summed E-state index contributed by atoms with van der Waals surface area (Å²) in [5.74, 6) is -1.47. The molecule has 0 radical (unpaired) electrons. The lowest BCUT2D eigenvalue weighted by molar-refractivity contribution is -0.156. The van der Waals surface area contributed by atoms with Crippen molar-refractivity contribution in [2.75, 3.05) is 6.61 Å². The molecule has 0 fully saturated rings. The van der Waals surface area contributed by atoms with Crippen LogP contribution in [0.1, 0.15) is 46.5 Å². The number of esters is 1. The molecule has 0 aliphatic rings. The van der Waals surface area contributed by atoms with Crippen LogP contribution in [0.15, 0.2) is 0 Å². The molecule has 0 spiro atoms. The summed E-state index contributed by atoms with van der Waals surface area (Å²) in [6, 6.07) is -0.444. The molecule has 112 valence electrons. The van der Waals surface area contributed by atoms with E-state index in [1.165, 1.54) is 0 Å². The van der Waals surface area contributed by atoms with Crippen molar-refractivity contribution in [1.29, 1.82) is 0 Å². The van der Waals surface area contributed by atoms with E-state index in [1.807, 2.05) is 20.8 Å². The topological polar surface area (TPSA) is 110 Å². The van der Waals surface area contributed by atoms with Gasteiger partial charge in [-0.1, -0.05) is 26.0 Å². The fourth-order valence-corrected chi connectivity index (χ4v) is 1.79. The Kier molecular flexibility index (Phi) is 5.18. The summed E-state index contributed by atoms with van der Waals surface area (Å²) in [5.41, 5.74) is -0.548. The number of carbonyl (C=O) groups excluding carboxylic acids is 2. The monoisotopic (exact) mass is 283 g/mol. The van der Waals surface area contributed by atoms with Gasteiger partial charge < -0.3 is 10.1 Å². The highest BCUT2D eigenvalue weighted by molar-refractivity contribution is 5.98. The maximum absolute atomic E-state index is 12.3. The maximum Gasteiger partial charge on any atom is 0.319 e. The molecule has 0 aromatic carbocycles. The van der Waals surface area contributed by atoms with E-state index in [0.29, 0.717) is 5.82 Å². The standard InChI is InChI=1S/C12H21N5O3/c1-6-20-11(19)8(12(3,4)5)10(18)13-7(2)9-14-16-17-15-9/h7-8H,6H2,1-5H3,(H,13,18)(H,14,15,16,17). The zero-order chi connectivity index (χ0) is 15.3. The van der Waals surface area contributed by atoms with Gasteiger partial charge in [0.2, 0.25) is 5.91 Å². The maximum atomic E-state index is 12.3. The van der Waals surface area contributed by atoms with Crippen LogP contribution in [0.4, 0.5) is 0 Å². The molecule has 1 aromatic rings. The van der Waals surface area contributed by atoms with Crippen molar-refractivity contribution in [3.05, 3.63) is 5.82 Å². The number of aromatic nitrogens is 4. The van der Waals surface area contributed by atoms with Gasteiger partial charge in [-0.25, -0.2) is 0 Å². The summed E-state index contributed by atoms with van der Waals surface area (Å²) >= 11 is 0. The molecule has 20 heavy (non-hydrogen) atoms. The predicted octanol–water partition coefficient (Wildman–Crippen LogP) is 0.602. The summed E-state index contributed by atoms with van der Waals surface area (Å²) < 4.78 is 4.97.